The van der Waals surface area contributed by atoms with Gasteiger partial charge in [0, 0.05) is 5.56 Å². The van der Waals surface area contributed by atoms with Crippen molar-refractivity contribution in [3.8, 4) is 0 Å². The fourth-order valence-electron chi connectivity index (χ4n) is 0.908. The van der Waals surface area contributed by atoms with Crippen LogP contribution in [0, 0.1) is 5.82 Å². The summed E-state index contributed by atoms with van der Waals surface area (Å²) in [7, 11) is 0. The predicted octanol–water partition coefficient (Wildman–Crippen LogP) is 3.18. The van der Waals surface area contributed by atoms with Gasteiger partial charge in [0.05, 0.1) is 4.47 Å². The van der Waals surface area contributed by atoms with E-state index in [-0.39, 0.29) is 4.47 Å². The Bertz CT molecular complexity index is 337. The average Bonchev–Trinajstić information content (AvgIpc) is 2.07. The Labute approximate surface area is 85.5 Å². The summed E-state index contributed by atoms with van der Waals surface area (Å²) in [5, 5.41) is 8.78. The van der Waals surface area contributed by atoms with Gasteiger partial charge in [-0.2, -0.15) is 13.2 Å². The first kappa shape index (κ1) is 11.5. The Morgan fingerprint density at radius 3 is 2.36 bits per heavy atom. The number of aliphatic hydroxyl groups excluding tert-OH is 1. The van der Waals surface area contributed by atoms with Crippen LogP contribution < -0.4 is 0 Å². The van der Waals surface area contributed by atoms with E-state index in [2.05, 4.69) is 15.9 Å². The fourth-order valence-corrected chi connectivity index (χ4v) is 1.29. The molecular formula is C8H5BrF4O. The van der Waals surface area contributed by atoms with Crippen LogP contribution in [-0.2, 0) is 0 Å². The van der Waals surface area contributed by atoms with Crippen molar-refractivity contribution in [2.24, 2.45) is 0 Å². The molecule has 0 spiro atoms. The summed E-state index contributed by atoms with van der Waals surface area (Å²) < 4.78 is 49.0. The second-order valence-corrected chi connectivity index (χ2v) is 3.44. The van der Waals surface area contributed by atoms with Crippen LogP contribution in [0.2, 0.25) is 0 Å². The van der Waals surface area contributed by atoms with E-state index in [1.807, 2.05) is 0 Å². The topological polar surface area (TPSA) is 20.2 Å². The molecular weight excluding hydrogens is 268 g/mol. The summed E-state index contributed by atoms with van der Waals surface area (Å²) in [4.78, 5) is 0. The van der Waals surface area contributed by atoms with Gasteiger partial charge in [0.2, 0.25) is 0 Å². The monoisotopic (exact) mass is 272 g/mol. The highest BCUT2D eigenvalue weighted by Gasteiger charge is 2.40. The van der Waals surface area contributed by atoms with Crippen LogP contribution in [0.15, 0.2) is 22.7 Å². The highest BCUT2D eigenvalue weighted by atomic mass is 79.9. The maximum atomic E-state index is 13.1. The molecule has 78 valence electrons. The van der Waals surface area contributed by atoms with Crippen molar-refractivity contribution in [2.75, 3.05) is 0 Å². The van der Waals surface area contributed by atoms with Gasteiger partial charge in [-0.15, -0.1) is 0 Å². The number of halogens is 5. The van der Waals surface area contributed by atoms with Gasteiger partial charge in [-0.3, -0.25) is 0 Å². The SMILES string of the molecule is O[C@@H](c1cccc(Br)c1F)C(F)(F)F. The van der Waals surface area contributed by atoms with Crippen molar-refractivity contribution in [2.45, 2.75) is 12.3 Å². The Morgan fingerprint density at radius 1 is 1.29 bits per heavy atom. The molecule has 14 heavy (non-hydrogen) atoms. The first-order chi connectivity index (χ1) is 6.34. The fraction of sp³-hybridized carbons (Fsp3) is 0.250. The second kappa shape index (κ2) is 3.86. The minimum absolute atomic E-state index is 0.113. The van der Waals surface area contributed by atoms with Gasteiger partial charge in [-0.05, 0) is 22.0 Å². The third kappa shape index (κ3) is 2.24. The molecule has 1 aromatic rings. The van der Waals surface area contributed by atoms with Crippen molar-refractivity contribution in [1.29, 1.82) is 0 Å². The molecule has 0 saturated carbocycles. The molecule has 1 N–H and O–H groups in total. The number of benzene rings is 1. The Morgan fingerprint density at radius 2 is 1.86 bits per heavy atom. The van der Waals surface area contributed by atoms with E-state index < -0.39 is 23.7 Å². The first-order valence-electron chi connectivity index (χ1n) is 3.52. The lowest BCUT2D eigenvalue weighted by Crippen LogP contribution is -2.21. The van der Waals surface area contributed by atoms with Crippen LogP contribution in [-0.4, -0.2) is 11.3 Å². The predicted molar refractivity (Wildman–Crippen MR) is 45.1 cm³/mol. The summed E-state index contributed by atoms with van der Waals surface area (Å²) >= 11 is 2.73. The van der Waals surface area contributed by atoms with E-state index in [0.29, 0.717) is 0 Å². The Kier molecular flexibility index (Phi) is 3.16. The van der Waals surface area contributed by atoms with Gasteiger partial charge in [0.1, 0.15) is 5.82 Å². The lowest BCUT2D eigenvalue weighted by atomic mass is 10.1. The number of hydrogen-bond donors (Lipinski definition) is 1. The summed E-state index contributed by atoms with van der Waals surface area (Å²) in [5.74, 6) is -1.10. The highest BCUT2D eigenvalue weighted by molar-refractivity contribution is 9.10. The maximum absolute atomic E-state index is 13.1. The summed E-state index contributed by atoms with van der Waals surface area (Å²) in [6, 6.07) is 3.36. The molecule has 0 aliphatic rings. The lowest BCUT2D eigenvalue weighted by molar-refractivity contribution is -0.207. The molecule has 0 aromatic heterocycles. The van der Waals surface area contributed by atoms with E-state index in [1.165, 1.54) is 12.1 Å². The largest absolute Gasteiger partial charge is 0.418 e. The van der Waals surface area contributed by atoms with Gasteiger partial charge in [-0.1, -0.05) is 12.1 Å². The third-order valence-electron chi connectivity index (χ3n) is 1.59. The zero-order valence-electron chi connectivity index (χ0n) is 6.65. The normalized spacial score (nSPS) is 14.1. The molecule has 6 heteroatoms. The van der Waals surface area contributed by atoms with E-state index in [9.17, 15) is 17.6 Å². The van der Waals surface area contributed by atoms with Crippen LogP contribution in [0.3, 0.4) is 0 Å². The van der Waals surface area contributed by atoms with Crippen molar-refractivity contribution in [1.82, 2.24) is 0 Å². The quantitative estimate of drug-likeness (QED) is 0.779. The molecule has 1 aromatic carbocycles. The minimum Gasteiger partial charge on any atom is -0.379 e. The van der Waals surface area contributed by atoms with E-state index in [1.54, 1.807) is 0 Å². The number of alkyl halides is 3. The van der Waals surface area contributed by atoms with Crippen LogP contribution in [0.25, 0.3) is 0 Å². The smallest absolute Gasteiger partial charge is 0.379 e. The molecule has 1 nitrogen and oxygen atoms in total. The van der Waals surface area contributed by atoms with Crippen LogP contribution in [0.4, 0.5) is 17.6 Å². The van der Waals surface area contributed by atoms with Gasteiger partial charge in [-0.25, -0.2) is 4.39 Å². The number of aliphatic hydroxyl groups is 1. The first-order valence-corrected chi connectivity index (χ1v) is 4.32. The molecule has 0 heterocycles. The molecule has 1 atom stereocenters. The summed E-state index contributed by atoms with van der Waals surface area (Å²) in [6.45, 7) is 0. The second-order valence-electron chi connectivity index (χ2n) is 2.59. The van der Waals surface area contributed by atoms with E-state index in [0.717, 1.165) is 6.07 Å². The molecule has 0 amide bonds. The lowest BCUT2D eigenvalue weighted by Gasteiger charge is -2.15. The number of rotatable bonds is 1. The molecule has 0 aliphatic heterocycles. The molecule has 0 fully saturated rings. The highest BCUT2D eigenvalue weighted by Crippen LogP contribution is 2.35. The van der Waals surface area contributed by atoms with Crippen molar-refractivity contribution >= 4 is 15.9 Å². The molecule has 0 aliphatic carbocycles. The maximum Gasteiger partial charge on any atom is 0.418 e. The van der Waals surface area contributed by atoms with Crippen molar-refractivity contribution in [3.63, 3.8) is 0 Å². The van der Waals surface area contributed by atoms with Crippen LogP contribution in [0.1, 0.15) is 11.7 Å². The van der Waals surface area contributed by atoms with Crippen LogP contribution in [0.5, 0.6) is 0 Å². The summed E-state index contributed by atoms with van der Waals surface area (Å²) in [6.07, 6.45) is -7.65. The van der Waals surface area contributed by atoms with Gasteiger partial charge < -0.3 is 5.11 Å². The Hall–Kier alpha value is -0.620. The van der Waals surface area contributed by atoms with Gasteiger partial charge in [0.25, 0.3) is 0 Å². The average molecular weight is 273 g/mol. The van der Waals surface area contributed by atoms with Gasteiger partial charge >= 0.3 is 6.18 Å². The number of hydrogen-bond acceptors (Lipinski definition) is 1. The zero-order valence-corrected chi connectivity index (χ0v) is 8.23. The van der Waals surface area contributed by atoms with Gasteiger partial charge in [0.15, 0.2) is 6.10 Å². The molecule has 0 unspecified atom stereocenters. The Balaban J connectivity index is 3.14. The molecule has 1 rings (SSSR count). The van der Waals surface area contributed by atoms with Crippen molar-refractivity contribution < 1.29 is 22.7 Å². The minimum atomic E-state index is -4.86. The molecule has 0 saturated heterocycles. The van der Waals surface area contributed by atoms with E-state index >= 15 is 0 Å². The molecule has 0 bridgehead atoms. The van der Waals surface area contributed by atoms with Crippen LogP contribution >= 0.6 is 15.9 Å². The van der Waals surface area contributed by atoms with Crippen molar-refractivity contribution in [3.05, 3.63) is 34.1 Å². The zero-order chi connectivity index (χ0) is 10.9. The molecule has 0 radical (unpaired) electrons. The van der Waals surface area contributed by atoms with E-state index in [4.69, 9.17) is 5.11 Å². The standard InChI is InChI=1S/C8H5BrF4O/c9-5-3-1-2-4(6(5)10)7(14)8(11,12)13/h1-3,7,14H/t7-/m0/s1. The summed E-state index contributed by atoms with van der Waals surface area (Å²) in [5.41, 5.74) is -0.785. The third-order valence-corrected chi connectivity index (χ3v) is 2.20.